The van der Waals surface area contributed by atoms with Crippen LogP contribution in [0.2, 0.25) is 0 Å². The lowest BCUT2D eigenvalue weighted by Crippen LogP contribution is -2.32. The van der Waals surface area contributed by atoms with Crippen LogP contribution in [0.1, 0.15) is 37.7 Å². The molecule has 0 radical (unpaired) electrons. The summed E-state index contributed by atoms with van der Waals surface area (Å²) in [6.07, 6.45) is 6.67. The molecule has 3 rings (SSSR count). The third kappa shape index (κ3) is 2.66. The molecule has 2 aromatic carbocycles. The SMILES string of the molecule is CN(Cc1ccc2ccccc2c1O)C1CCCCC1. The van der Waals surface area contributed by atoms with Gasteiger partial charge in [-0.3, -0.25) is 4.90 Å². The molecule has 1 aliphatic rings. The summed E-state index contributed by atoms with van der Waals surface area (Å²) in [5.74, 6) is 0.450. The zero-order valence-electron chi connectivity index (χ0n) is 12.2. The van der Waals surface area contributed by atoms with Crippen molar-refractivity contribution in [3.63, 3.8) is 0 Å². The van der Waals surface area contributed by atoms with Crippen molar-refractivity contribution in [3.8, 4) is 5.75 Å². The maximum absolute atomic E-state index is 10.5. The number of benzene rings is 2. The molecule has 1 saturated carbocycles. The quantitative estimate of drug-likeness (QED) is 0.897. The van der Waals surface area contributed by atoms with E-state index in [9.17, 15) is 5.11 Å². The third-order valence-corrected chi connectivity index (χ3v) is 4.60. The molecular formula is C18H23NO. The van der Waals surface area contributed by atoms with Crippen LogP contribution < -0.4 is 0 Å². The van der Waals surface area contributed by atoms with Crippen LogP contribution in [0.3, 0.4) is 0 Å². The number of nitrogens with zero attached hydrogens (tertiary/aromatic N) is 1. The van der Waals surface area contributed by atoms with Gasteiger partial charge < -0.3 is 5.11 Å². The van der Waals surface area contributed by atoms with Crippen molar-refractivity contribution in [1.82, 2.24) is 4.90 Å². The highest BCUT2D eigenvalue weighted by molar-refractivity contribution is 5.89. The van der Waals surface area contributed by atoms with Crippen LogP contribution in [-0.4, -0.2) is 23.1 Å². The van der Waals surface area contributed by atoms with Crippen LogP contribution in [0.4, 0.5) is 0 Å². The lowest BCUT2D eigenvalue weighted by Gasteiger charge is -2.31. The molecule has 20 heavy (non-hydrogen) atoms. The first-order valence-corrected chi connectivity index (χ1v) is 7.65. The number of rotatable bonds is 3. The molecule has 0 bridgehead atoms. The lowest BCUT2D eigenvalue weighted by atomic mass is 9.94. The Morgan fingerprint density at radius 3 is 2.60 bits per heavy atom. The fraction of sp³-hybridized carbons (Fsp3) is 0.444. The monoisotopic (exact) mass is 269 g/mol. The summed E-state index contributed by atoms with van der Waals surface area (Å²) < 4.78 is 0. The lowest BCUT2D eigenvalue weighted by molar-refractivity contribution is 0.183. The standard InChI is InChI=1S/C18H23NO/c1-19(16-8-3-2-4-9-16)13-15-12-11-14-7-5-6-10-17(14)18(15)20/h5-7,10-12,16,20H,2-4,8-9,13H2,1H3. The van der Waals surface area contributed by atoms with E-state index in [0.29, 0.717) is 11.8 Å². The van der Waals surface area contributed by atoms with E-state index in [1.807, 2.05) is 24.3 Å². The van der Waals surface area contributed by atoms with Crippen LogP contribution in [0.15, 0.2) is 36.4 Å². The maximum atomic E-state index is 10.5. The average Bonchev–Trinajstić information content (AvgIpc) is 2.51. The molecule has 0 spiro atoms. The Morgan fingerprint density at radius 1 is 1.05 bits per heavy atom. The second kappa shape index (κ2) is 5.84. The van der Waals surface area contributed by atoms with Crippen molar-refractivity contribution >= 4 is 10.8 Å². The minimum absolute atomic E-state index is 0.450. The van der Waals surface area contributed by atoms with Gasteiger partial charge in [-0.15, -0.1) is 0 Å². The van der Waals surface area contributed by atoms with E-state index >= 15 is 0 Å². The van der Waals surface area contributed by atoms with E-state index in [-0.39, 0.29) is 0 Å². The molecule has 2 nitrogen and oxygen atoms in total. The molecule has 0 amide bonds. The highest BCUT2D eigenvalue weighted by Gasteiger charge is 2.19. The summed E-state index contributed by atoms with van der Waals surface area (Å²) in [4.78, 5) is 2.41. The van der Waals surface area contributed by atoms with Crippen molar-refractivity contribution < 1.29 is 5.11 Å². The van der Waals surface area contributed by atoms with Gasteiger partial charge in [0.05, 0.1) is 0 Å². The highest BCUT2D eigenvalue weighted by atomic mass is 16.3. The van der Waals surface area contributed by atoms with E-state index in [1.54, 1.807) is 0 Å². The van der Waals surface area contributed by atoms with E-state index in [1.165, 1.54) is 32.1 Å². The second-order valence-corrected chi connectivity index (χ2v) is 6.00. The van der Waals surface area contributed by atoms with Gasteiger partial charge in [0, 0.05) is 23.5 Å². The molecule has 2 heteroatoms. The minimum Gasteiger partial charge on any atom is -0.507 e. The summed E-state index contributed by atoms with van der Waals surface area (Å²) in [6.45, 7) is 0.835. The summed E-state index contributed by atoms with van der Waals surface area (Å²) >= 11 is 0. The van der Waals surface area contributed by atoms with Crippen LogP contribution >= 0.6 is 0 Å². The van der Waals surface area contributed by atoms with Crippen LogP contribution in [0.25, 0.3) is 10.8 Å². The molecule has 0 atom stereocenters. The molecule has 1 fully saturated rings. The van der Waals surface area contributed by atoms with E-state index in [0.717, 1.165) is 22.9 Å². The van der Waals surface area contributed by atoms with Gasteiger partial charge >= 0.3 is 0 Å². The predicted molar refractivity (Wildman–Crippen MR) is 84.0 cm³/mol. The molecule has 0 aromatic heterocycles. The van der Waals surface area contributed by atoms with Crippen molar-refractivity contribution in [2.75, 3.05) is 7.05 Å². The van der Waals surface area contributed by atoms with Crippen molar-refractivity contribution in [3.05, 3.63) is 42.0 Å². The van der Waals surface area contributed by atoms with Gasteiger partial charge in [-0.1, -0.05) is 55.7 Å². The minimum atomic E-state index is 0.450. The van der Waals surface area contributed by atoms with Crippen molar-refractivity contribution in [1.29, 1.82) is 0 Å². The number of fused-ring (bicyclic) bond motifs is 1. The van der Waals surface area contributed by atoms with Crippen molar-refractivity contribution in [2.24, 2.45) is 0 Å². The molecule has 0 aliphatic heterocycles. The van der Waals surface area contributed by atoms with E-state index < -0.39 is 0 Å². The fourth-order valence-electron chi connectivity index (χ4n) is 3.35. The predicted octanol–water partition coefficient (Wildman–Crippen LogP) is 4.31. The Bertz CT molecular complexity index is 587. The first-order valence-electron chi connectivity index (χ1n) is 7.65. The first-order chi connectivity index (χ1) is 9.75. The largest absolute Gasteiger partial charge is 0.507 e. The van der Waals surface area contributed by atoms with Gasteiger partial charge in [-0.2, -0.15) is 0 Å². The van der Waals surface area contributed by atoms with Gasteiger partial charge in [0.15, 0.2) is 0 Å². The Labute approximate surface area is 121 Å². The molecule has 0 unspecified atom stereocenters. The molecule has 1 N–H and O–H groups in total. The number of hydrogen-bond donors (Lipinski definition) is 1. The second-order valence-electron chi connectivity index (χ2n) is 6.00. The topological polar surface area (TPSA) is 23.5 Å². The van der Waals surface area contributed by atoms with Crippen LogP contribution in [0, 0.1) is 0 Å². The van der Waals surface area contributed by atoms with Crippen LogP contribution in [0.5, 0.6) is 5.75 Å². The average molecular weight is 269 g/mol. The summed E-state index contributed by atoms with van der Waals surface area (Å²) in [5.41, 5.74) is 1.04. The smallest absolute Gasteiger partial charge is 0.127 e. The Kier molecular flexibility index (Phi) is 3.93. The van der Waals surface area contributed by atoms with E-state index in [4.69, 9.17) is 0 Å². The van der Waals surface area contributed by atoms with Gasteiger partial charge in [0.1, 0.15) is 5.75 Å². The van der Waals surface area contributed by atoms with E-state index in [2.05, 4.69) is 24.1 Å². The number of phenolic OH excluding ortho intramolecular Hbond substituents is 1. The zero-order valence-corrected chi connectivity index (χ0v) is 12.2. The Hall–Kier alpha value is -1.54. The summed E-state index contributed by atoms with van der Waals surface area (Å²) in [7, 11) is 2.19. The first kappa shape index (κ1) is 13.4. The highest BCUT2D eigenvalue weighted by Crippen LogP contribution is 2.30. The molecule has 0 saturated heterocycles. The number of aromatic hydroxyl groups is 1. The number of phenols is 1. The molecule has 2 aromatic rings. The Balaban J connectivity index is 1.81. The van der Waals surface area contributed by atoms with Crippen LogP contribution in [-0.2, 0) is 6.54 Å². The molecule has 0 heterocycles. The van der Waals surface area contributed by atoms with Gasteiger partial charge in [-0.25, -0.2) is 0 Å². The summed E-state index contributed by atoms with van der Waals surface area (Å²) in [5, 5.41) is 12.5. The Morgan fingerprint density at radius 2 is 1.80 bits per heavy atom. The summed E-state index contributed by atoms with van der Waals surface area (Å²) in [6, 6.07) is 12.9. The zero-order chi connectivity index (χ0) is 13.9. The van der Waals surface area contributed by atoms with Gasteiger partial charge in [-0.05, 0) is 25.3 Å². The molecule has 1 aliphatic carbocycles. The third-order valence-electron chi connectivity index (χ3n) is 4.60. The maximum Gasteiger partial charge on any atom is 0.127 e. The number of hydrogen-bond acceptors (Lipinski definition) is 2. The van der Waals surface area contributed by atoms with Gasteiger partial charge in [0.25, 0.3) is 0 Å². The molecule has 106 valence electrons. The van der Waals surface area contributed by atoms with Crippen molar-refractivity contribution in [2.45, 2.75) is 44.7 Å². The fourth-order valence-corrected chi connectivity index (χ4v) is 3.35. The normalized spacial score (nSPS) is 16.9. The van der Waals surface area contributed by atoms with Gasteiger partial charge in [0.2, 0.25) is 0 Å². The molecular weight excluding hydrogens is 246 g/mol.